The molecule has 4 rings (SSSR count). The largest absolute Gasteiger partial charge is 0.376 e. The van der Waals surface area contributed by atoms with Crippen LogP contribution in [0.3, 0.4) is 0 Å². The highest BCUT2D eigenvalue weighted by atomic mass is 19.2. The predicted molar refractivity (Wildman–Crippen MR) is 109 cm³/mol. The van der Waals surface area contributed by atoms with Crippen molar-refractivity contribution in [3.63, 3.8) is 0 Å². The van der Waals surface area contributed by atoms with Gasteiger partial charge < -0.3 is 14.5 Å². The molecule has 2 aromatic rings. The van der Waals surface area contributed by atoms with E-state index in [0.29, 0.717) is 32.2 Å². The van der Waals surface area contributed by atoms with Gasteiger partial charge in [0, 0.05) is 55.5 Å². The zero-order valence-electron chi connectivity index (χ0n) is 17.2. The summed E-state index contributed by atoms with van der Waals surface area (Å²) in [5.74, 6) is -1.67. The summed E-state index contributed by atoms with van der Waals surface area (Å²) in [6, 6.07) is 7.86. The Labute approximate surface area is 175 Å². The third-order valence-corrected chi connectivity index (χ3v) is 6.40. The number of carbonyl (C=O) groups excluding carboxylic acids is 1. The standard InChI is InChI=1S/C23H27F2N3O2/c1-27-12-19(14-30-13-17-4-3-8-26-11-17)23(15-27)7-9-28(16-23)21(29)10-18-5-2-6-20(24)22(18)25/h2-6,8,11,19H,7,9-10,12-16H2,1H3/t19-,23+/m0/s1. The van der Waals surface area contributed by atoms with Crippen LogP contribution in [-0.4, -0.2) is 60.5 Å². The molecule has 1 aromatic heterocycles. The van der Waals surface area contributed by atoms with E-state index in [-0.39, 0.29) is 23.3 Å². The summed E-state index contributed by atoms with van der Waals surface area (Å²) in [5, 5.41) is 0. The molecule has 7 heteroatoms. The fourth-order valence-electron chi connectivity index (χ4n) is 4.86. The zero-order valence-corrected chi connectivity index (χ0v) is 17.2. The number of pyridine rings is 1. The molecular weight excluding hydrogens is 388 g/mol. The highest BCUT2D eigenvalue weighted by molar-refractivity contribution is 5.79. The van der Waals surface area contributed by atoms with Crippen molar-refractivity contribution in [3.8, 4) is 0 Å². The van der Waals surface area contributed by atoms with Gasteiger partial charge in [0.2, 0.25) is 5.91 Å². The minimum Gasteiger partial charge on any atom is -0.376 e. The Morgan fingerprint density at radius 1 is 1.27 bits per heavy atom. The predicted octanol–water partition coefficient (Wildman–Crippen LogP) is 2.90. The first-order valence-corrected chi connectivity index (χ1v) is 10.3. The van der Waals surface area contributed by atoms with Gasteiger partial charge in [-0.15, -0.1) is 0 Å². The smallest absolute Gasteiger partial charge is 0.227 e. The summed E-state index contributed by atoms with van der Waals surface area (Å²) < 4.78 is 33.4. The van der Waals surface area contributed by atoms with Gasteiger partial charge in [0.15, 0.2) is 11.6 Å². The molecule has 2 aliphatic rings. The van der Waals surface area contributed by atoms with Gasteiger partial charge in [-0.1, -0.05) is 18.2 Å². The maximum Gasteiger partial charge on any atom is 0.227 e. The molecule has 0 radical (unpaired) electrons. The Morgan fingerprint density at radius 3 is 2.93 bits per heavy atom. The SMILES string of the molecule is CN1C[C@@H](COCc2cccnc2)[C@]2(CCN(C(=O)Cc3cccc(F)c3F)C2)C1. The van der Waals surface area contributed by atoms with Crippen LogP contribution >= 0.6 is 0 Å². The fourth-order valence-corrected chi connectivity index (χ4v) is 4.86. The maximum atomic E-state index is 14.0. The highest BCUT2D eigenvalue weighted by Crippen LogP contribution is 2.43. The van der Waals surface area contributed by atoms with Crippen LogP contribution in [0.5, 0.6) is 0 Å². The summed E-state index contributed by atoms with van der Waals surface area (Å²) >= 11 is 0. The molecule has 160 valence electrons. The molecule has 1 amide bonds. The monoisotopic (exact) mass is 415 g/mol. The number of ether oxygens (including phenoxy) is 1. The third-order valence-electron chi connectivity index (χ3n) is 6.40. The van der Waals surface area contributed by atoms with Crippen LogP contribution in [0.25, 0.3) is 0 Å². The molecule has 2 saturated heterocycles. The van der Waals surface area contributed by atoms with Crippen LogP contribution < -0.4 is 0 Å². The van der Waals surface area contributed by atoms with Crippen molar-refractivity contribution < 1.29 is 18.3 Å². The van der Waals surface area contributed by atoms with E-state index in [2.05, 4.69) is 16.9 Å². The van der Waals surface area contributed by atoms with Crippen molar-refractivity contribution in [2.45, 2.75) is 19.4 Å². The molecule has 1 aromatic carbocycles. The molecule has 0 bridgehead atoms. The quantitative estimate of drug-likeness (QED) is 0.728. The number of nitrogens with zero attached hydrogens (tertiary/aromatic N) is 3. The molecule has 30 heavy (non-hydrogen) atoms. The fraction of sp³-hybridized carbons (Fsp3) is 0.478. The molecule has 2 atom stereocenters. The molecule has 0 unspecified atom stereocenters. The average molecular weight is 415 g/mol. The lowest BCUT2D eigenvalue weighted by molar-refractivity contribution is -0.130. The highest BCUT2D eigenvalue weighted by Gasteiger charge is 2.50. The van der Waals surface area contributed by atoms with Gasteiger partial charge in [-0.3, -0.25) is 9.78 Å². The minimum atomic E-state index is -0.929. The Balaban J connectivity index is 1.37. The van der Waals surface area contributed by atoms with Crippen LogP contribution in [-0.2, 0) is 22.6 Å². The first kappa shape index (κ1) is 20.9. The number of amides is 1. The van der Waals surface area contributed by atoms with Crippen molar-refractivity contribution in [1.82, 2.24) is 14.8 Å². The van der Waals surface area contributed by atoms with E-state index in [1.54, 1.807) is 17.3 Å². The second-order valence-electron chi connectivity index (χ2n) is 8.59. The van der Waals surface area contributed by atoms with Gasteiger partial charge in [0.1, 0.15) is 0 Å². The molecule has 3 heterocycles. The van der Waals surface area contributed by atoms with Crippen molar-refractivity contribution in [2.24, 2.45) is 11.3 Å². The molecule has 1 spiro atoms. The van der Waals surface area contributed by atoms with Crippen molar-refractivity contribution in [3.05, 3.63) is 65.5 Å². The van der Waals surface area contributed by atoms with Crippen LogP contribution in [0.2, 0.25) is 0 Å². The Kier molecular flexibility index (Phi) is 6.11. The second-order valence-corrected chi connectivity index (χ2v) is 8.59. The van der Waals surface area contributed by atoms with E-state index in [1.165, 1.54) is 12.1 Å². The van der Waals surface area contributed by atoms with E-state index in [4.69, 9.17) is 4.74 Å². The molecule has 2 aliphatic heterocycles. The Bertz CT molecular complexity index is 895. The second kappa shape index (κ2) is 8.78. The van der Waals surface area contributed by atoms with Gasteiger partial charge >= 0.3 is 0 Å². The van der Waals surface area contributed by atoms with E-state index >= 15 is 0 Å². The molecule has 5 nitrogen and oxygen atoms in total. The van der Waals surface area contributed by atoms with Crippen LogP contribution in [0.1, 0.15) is 17.5 Å². The first-order chi connectivity index (χ1) is 14.5. The number of carbonyl (C=O) groups is 1. The number of halogens is 2. The van der Waals surface area contributed by atoms with Gasteiger partial charge in [0.05, 0.1) is 19.6 Å². The minimum absolute atomic E-state index is 0.0141. The van der Waals surface area contributed by atoms with Gasteiger partial charge in [0.25, 0.3) is 0 Å². The Morgan fingerprint density at radius 2 is 2.13 bits per heavy atom. The van der Waals surface area contributed by atoms with Gasteiger partial charge in [-0.05, 0) is 31.2 Å². The average Bonchev–Trinajstić information content (AvgIpc) is 3.29. The number of rotatable bonds is 6. The van der Waals surface area contributed by atoms with Crippen molar-refractivity contribution in [1.29, 1.82) is 0 Å². The third kappa shape index (κ3) is 4.37. The molecule has 2 fully saturated rings. The number of benzene rings is 1. The van der Waals surface area contributed by atoms with E-state index in [1.807, 2.05) is 12.1 Å². The lowest BCUT2D eigenvalue weighted by atomic mass is 9.77. The summed E-state index contributed by atoms with van der Waals surface area (Å²) in [6.45, 7) is 4.25. The van der Waals surface area contributed by atoms with E-state index < -0.39 is 11.6 Å². The summed E-state index contributed by atoms with van der Waals surface area (Å²) in [5.41, 5.74) is 1.14. The molecule has 0 saturated carbocycles. The maximum absolute atomic E-state index is 14.0. The summed E-state index contributed by atoms with van der Waals surface area (Å²) in [4.78, 5) is 21.0. The van der Waals surface area contributed by atoms with Gasteiger partial charge in [-0.25, -0.2) is 8.78 Å². The number of hydrogen-bond donors (Lipinski definition) is 0. The van der Waals surface area contributed by atoms with Crippen molar-refractivity contribution in [2.75, 3.05) is 39.8 Å². The number of likely N-dealkylation sites (tertiary alicyclic amines) is 2. The van der Waals surface area contributed by atoms with Crippen LogP contribution in [0.15, 0.2) is 42.7 Å². The van der Waals surface area contributed by atoms with Crippen molar-refractivity contribution >= 4 is 5.91 Å². The lowest BCUT2D eigenvalue weighted by Crippen LogP contribution is -2.38. The Hall–Kier alpha value is -2.38. The molecule has 0 aliphatic carbocycles. The first-order valence-electron chi connectivity index (χ1n) is 10.3. The van der Waals surface area contributed by atoms with Gasteiger partial charge in [-0.2, -0.15) is 0 Å². The summed E-state index contributed by atoms with van der Waals surface area (Å²) in [6.07, 6.45) is 4.33. The topological polar surface area (TPSA) is 45.7 Å². The number of hydrogen-bond acceptors (Lipinski definition) is 4. The molecule has 0 N–H and O–H groups in total. The number of aromatic nitrogens is 1. The molecular formula is C23H27F2N3O2. The van der Waals surface area contributed by atoms with E-state index in [0.717, 1.165) is 31.1 Å². The lowest BCUT2D eigenvalue weighted by Gasteiger charge is -2.30. The normalized spacial score (nSPS) is 24.1. The zero-order chi connectivity index (χ0) is 21.1. The summed E-state index contributed by atoms with van der Waals surface area (Å²) in [7, 11) is 2.09. The van der Waals surface area contributed by atoms with Crippen LogP contribution in [0.4, 0.5) is 8.78 Å². The van der Waals surface area contributed by atoms with Crippen LogP contribution in [0, 0.1) is 23.0 Å². The van der Waals surface area contributed by atoms with E-state index in [9.17, 15) is 13.6 Å².